The van der Waals surface area contributed by atoms with Gasteiger partial charge in [-0.25, -0.2) is 0 Å². The highest BCUT2D eigenvalue weighted by Crippen LogP contribution is 2.45. The first-order valence-corrected chi connectivity index (χ1v) is 9.59. The molecule has 2 aliphatic heterocycles. The molecule has 5 heteroatoms. The van der Waals surface area contributed by atoms with Crippen LogP contribution in [-0.2, 0) is 16.9 Å². The molecule has 0 radical (unpaired) electrons. The lowest BCUT2D eigenvalue weighted by atomic mass is 9.83. The van der Waals surface area contributed by atoms with Crippen LogP contribution in [0.25, 0.3) is 10.8 Å². The van der Waals surface area contributed by atoms with Gasteiger partial charge in [-0.05, 0) is 41.5 Å². The van der Waals surface area contributed by atoms with Gasteiger partial charge in [-0.15, -0.1) is 0 Å². The normalized spacial score (nSPS) is 18.0. The molecule has 3 aromatic rings. The number of benzene rings is 2. The van der Waals surface area contributed by atoms with Crippen LogP contribution in [0.2, 0.25) is 5.02 Å². The summed E-state index contributed by atoms with van der Waals surface area (Å²) in [4.78, 5) is 19.3. The number of rotatable bonds is 1. The number of hydrogen-bond donors (Lipinski definition) is 0. The zero-order valence-corrected chi connectivity index (χ0v) is 15.6. The van der Waals surface area contributed by atoms with Gasteiger partial charge in [-0.2, -0.15) is 0 Å². The molecule has 1 aromatic heterocycles. The van der Waals surface area contributed by atoms with E-state index in [2.05, 4.69) is 4.98 Å². The van der Waals surface area contributed by atoms with Gasteiger partial charge in [0.2, 0.25) is 0 Å². The maximum absolute atomic E-state index is 13.1. The van der Waals surface area contributed by atoms with Crippen molar-refractivity contribution in [2.45, 2.75) is 25.0 Å². The van der Waals surface area contributed by atoms with Crippen LogP contribution in [0.3, 0.4) is 0 Å². The zero-order chi connectivity index (χ0) is 18.4. The first-order valence-electron chi connectivity index (χ1n) is 9.21. The number of likely N-dealkylation sites (tertiary alicyclic amines) is 1. The fourth-order valence-corrected chi connectivity index (χ4v) is 4.51. The van der Waals surface area contributed by atoms with Crippen LogP contribution in [0.5, 0.6) is 0 Å². The number of halogens is 1. The number of carbonyl (C=O) groups is 1. The number of aromatic nitrogens is 1. The highest BCUT2D eigenvalue weighted by molar-refractivity contribution is 6.30. The fraction of sp³-hybridized carbons (Fsp3) is 0.273. The summed E-state index contributed by atoms with van der Waals surface area (Å²) in [6, 6.07) is 13.9. The van der Waals surface area contributed by atoms with Crippen LogP contribution >= 0.6 is 11.6 Å². The molecule has 2 aliphatic rings. The standard InChI is InChI=1S/C22H19ClN2O2/c23-17-6-5-16-14-27-22(20(16)11-17)7-9-25(10-8-22)21(26)19-13-24-12-15-3-1-2-4-18(15)19/h1-6,11-13H,7-10,14H2. The molecule has 4 nitrogen and oxygen atoms in total. The first kappa shape index (κ1) is 16.7. The summed E-state index contributed by atoms with van der Waals surface area (Å²) in [5.74, 6) is 0.0402. The quantitative estimate of drug-likeness (QED) is 0.623. The monoisotopic (exact) mass is 378 g/mol. The van der Waals surface area contributed by atoms with Crippen molar-refractivity contribution in [3.8, 4) is 0 Å². The van der Waals surface area contributed by atoms with Gasteiger partial charge in [0.25, 0.3) is 5.91 Å². The van der Waals surface area contributed by atoms with Gasteiger partial charge in [-0.1, -0.05) is 41.9 Å². The van der Waals surface area contributed by atoms with Crippen molar-refractivity contribution in [2.75, 3.05) is 13.1 Å². The summed E-state index contributed by atoms with van der Waals surface area (Å²) in [5, 5.41) is 2.67. The smallest absolute Gasteiger partial charge is 0.256 e. The van der Waals surface area contributed by atoms with Crippen molar-refractivity contribution in [1.29, 1.82) is 0 Å². The number of pyridine rings is 1. The lowest BCUT2D eigenvalue weighted by Gasteiger charge is -2.39. The van der Waals surface area contributed by atoms with E-state index in [1.54, 1.807) is 12.4 Å². The van der Waals surface area contributed by atoms with E-state index in [0.717, 1.165) is 28.6 Å². The predicted molar refractivity (Wildman–Crippen MR) is 105 cm³/mol. The van der Waals surface area contributed by atoms with Crippen molar-refractivity contribution in [3.63, 3.8) is 0 Å². The number of hydrogen-bond acceptors (Lipinski definition) is 3. The van der Waals surface area contributed by atoms with E-state index >= 15 is 0 Å². The Labute approximate surface area is 162 Å². The van der Waals surface area contributed by atoms with Crippen molar-refractivity contribution in [1.82, 2.24) is 9.88 Å². The highest BCUT2D eigenvalue weighted by atomic mass is 35.5. The Bertz CT molecular complexity index is 1040. The number of amides is 1. The Kier molecular flexibility index (Phi) is 3.92. The third-order valence-electron chi connectivity index (χ3n) is 5.82. The minimum absolute atomic E-state index is 0.0402. The van der Waals surface area contributed by atoms with Crippen LogP contribution in [0.4, 0.5) is 0 Å². The Hall–Kier alpha value is -2.43. The molecule has 0 N–H and O–H groups in total. The Morgan fingerprint density at radius 3 is 2.78 bits per heavy atom. The molecule has 1 fully saturated rings. The van der Waals surface area contributed by atoms with Gasteiger partial charge in [0.1, 0.15) is 0 Å². The third-order valence-corrected chi connectivity index (χ3v) is 6.06. The van der Waals surface area contributed by atoms with Gasteiger partial charge in [0.15, 0.2) is 0 Å². The van der Waals surface area contributed by atoms with Crippen molar-refractivity contribution in [3.05, 3.63) is 76.6 Å². The van der Waals surface area contributed by atoms with Gasteiger partial charge < -0.3 is 9.64 Å². The van der Waals surface area contributed by atoms with Gasteiger partial charge in [0.05, 0.1) is 17.8 Å². The second kappa shape index (κ2) is 6.32. The number of piperidine rings is 1. The van der Waals surface area contributed by atoms with Crippen LogP contribution < -0.4 is 0 Å². The van der Waals surface area contributed by atoms with E-state index in [1.165, 1.54) is 11.1 Å². The molecule has 1 spiro atoms. The summed E-state index contributed by atoms with van der Waals surface area (Å²) >= 11 is 6.21. The average molecular weight is 379 g/mol. The SMILES string of the molecule is O=C(c1cncc2ccccc12)N1CCC2(CC1)OCc1ccc(Cl)cc12. The summed E-state index contributed by atoms with van der Waals surface area (Å²) < 4.78 is 6.20. The average Bonchev–Trinajstić information content (AvgIpc) is 3.05. The highest BCUT2D eigenvalue weighted by Gasteiger charge is 2.43. The maximum Gasteiger partial charge on any atom is 0.256 e. The topological polar surface area (TPSA) is 42.4 Å². The molecule has 1 saturated heterocycles. The second-order valence-electron chi connectivity index (χ2n) is 7.28. The van der Waals surface area contributed by atoms with Crippen LogP contribution in [0, 0.1) is 0 Å². The van der Waals surface area contributed by atoms with Crippen molar-refractivity contribution in [2.24, 2.45) is 0 Å². The molecule has 0 aliphatic carbocycles. The van der Waals surface area contributed by atoms with Crippen LogP contribution in [-0.4, -0.2) is 28.9 Å². The number of fused-ring (bicyclic) bond motifs is 3. The lowest BCUT2D eigenvalue weighted by Crippen LogP contribution is -2.45. The lowest BCUT2D eigenvalue weighted by molar-refractivity contribution is -0.0741. The summed E-state index contributed by atoms with van der Waals surface area (Å²) in [6.45, 7) is 1.94. The molecular weight excluding hydrogens is 360 g/mol. The van der Waals surface area contributed by atoms with Gasteiger partial charge in [0, 0.05) is 35.9 Å². The molecule has 3 heterocycles. The number of nitrogens with zero attached hydrogens (tertiary/aromatic N) is 2. The van der Waals surface area contributed by atoms with Crippen LogP contribution in [0.1, 0.15) is 34.3 Å². The number of ether oxygens (including phenoxy) is 1. The molecule has 0 unspecified atom stereocenters. The molecule has 0 atom stereocenters. The largest absolute Gasteiger partial charge is 0.365 e. The fourth-order valence-electron chi connectivity index (χ4n) is 4.33. The van der Waals surface area contributed by atoms with E-state index < -0.39 is 0 Å². The second-order valence-corrected chi connectivity index (χ2v) is 7.72. The Balaban J connectivity index is 1.40. The van der Waals surface area contributed by atoms with Crippen molar-refractivity contribution >= 4 is 28.3 Å². The van der Waals surface area contributed by atoms with E-state index in [4.69, 9.17) is 16.3 Å². The van der Waals surface area contributed by atoms with Crippen LogP contribution in [0.15, 0.2) is 54.9 Å². The first-order chi connectivity index (χ1) is 13.2. The number of carbonyl (C=O) groups excluding carboxylic acids is 1. The van der Waals surface area contributed by atoms with Crippen molar-refractivity contribution < 1.29 is 9.53 Å². The minimum atomic E-state index is -0.311. The predicted octanol–water partition coefficient (Wildman–Crippen LogP) is 4.55. The third kappa shape index (κ3) is 2.71. The van der Waals surface area contributed by atoms with E-state index in [1.807, 2.05) is 47.4 Å². The molecule has 136 valence electrons. The maximum atomic E-state index is 13.1. The molecule has 1 amide bonds. The van der Waals surface area contributed by atoms with E-state index in [0.29, 0.717) is 25.3 Å². The van der Waals surface area contributed by atoms with E-state index in [9.17, 15) is 4.79 Å². The molecule has 0 bridgehead atoms. The zero-order valence-electron chi connectivity index (χ0n) is 14.8. The summed E-state index contributed by atoms with van der Waals surface area (Å²) in [5.41, 5.74) is 2.75. The van der Waals surface area contributed by atoms with Gasteiger partial charge in [-0.3, -0.25) is 9.78 Å². The molecule has 0 saturated carbocycles. The molecule has 2 aromatic carbocycles. The molecule has 27 heavy (non-hydrogen) atoms. The summed E-state index contributed by atoms with van der Waals surface area (Å²) in [6.07, 6.45) is 5.04. The minimum Gasteiger partial charge on any atom is -0.365 e. The summed E-state index contributed by atoms with van der Waals surface area (Å²) in [7, 11) is 0. The molecule has 5 rings (SSSR count). The van der Waals surface area contributed by atoms with E-state index in [-0.39, 0.29) is 11.5 Å². The molecular formula is C22H19ClN2O2. The van der Waals surface area contributed by atoms with Gasteiger partial charge >= 0.3 is 0 Å². The Morgan fingerprint density at radius 1 is 1.11 bits per heavy atom. The Morgan fingerprint density at radius 2 is 1.93 bits per heavy atom.